The number of likely N-dealkylation sites (tertiary alicyclic amines) is 1. The molecule has 0 aromatic carbocycles. The molecule has 1 aliphatic heterocycles. The summed E-state index contributed by atoms with van der Waals surface area (Å²) in [6.45, 7) is 6.68. The van der Waals surface area contributed by atoms with Crippen LogP contribution in [0.25, 0.3) is 0 Å². The lowest BCUT2D eigenvalue weighted by atomic mass is 10.0. The number of hydrogen-bond acceptors (Lipinski definition) is 2. The van der Waals surface area contributed by atoms with Crippen molar-refractivity contribution in [3.63, 3.8) is 0 Å². The third-order valence-electron chi connectivity index (χ3n) is 2.62. The van der Waals surface area contributed by atoms with Crippen LogP contribution in [0.4, 0.5) is 4.39 Å². The van der Waals surface area contributed by atoms with Crippen molar-refractivity contribution >= 4 is 0 Å². The molecule has 1 saturated heterocycles. The zero-order valence-electron chi connectivity index (χ0n) is 8.13. The largest absolute Gasteiger partial charge is 0.316 e. The topological polar surface area (TPSA) is 29.3 Å². The first-order valence-electron chi connectivity index (χ1n) is 4.67. The van der Waals surface area contributed by atoms with Gasteiger partial charge in [0, 0.05) is 12.6 Å². The predicted molar refractivity (Wildman–Crippen MR) is 48.5 cm³/mol. The number of rotatable bonds is 2. The Balaban J connectivity index is 2.59. The molecule has 1 fully saturated rings. The van der Waals surface area contributed by atoms with Gasteiger partial charge in [0.15, 0.2) is 0 Å². The monoisotopic (exact) mass is 174 g/mol. The van der Waals surface area contributed by atoms with Crippen molar-refractivity contribution in [1.82, 2.24) is 4.90 Å². The number of nitrogens with two attached hydrogens (primary N) is 1. The standard InChI is InChI=1S/C9H19FN2/c1-6(2)9-4-8(10)5-12(9)7(3)11/h6-9H,4-5,11H2,1-3H3. The molecule has 0 aromatic rings. The third-order valence-corrected chi connectivity index (χ3v) is 2.62. The molecule has 0 amide bonds. The zero-order valence-corrected chi connectivity index (χ0v) is 8.13. The second kappa shape index (κ2) is 3.71. The maximum atomic E-state index is 13.0. The summed E-state index contributed by atoms with van der Waals surface area (Å²) in [5.41, 5.74) is 5.75. The summed E-state index contributed by atoms with van der Waals surface area (Å²) in [5, 5.41) is 0. The van der Waals surface area contributed by atoms with Gasteiger partial charge in [-0.25, -0.2) is 4.39 Å². The van der Waals surface area contributed by atoms with Crippen molar-refractivity contribution in [2.45, 2.75) is 45.6 Å². The Morgan fingerprint density at radius 3 is 2.33 bits per heavy atom. The molecule has 0 bridgehead atoms. The van der Waals surface area contributed by atoms with Gasteiger partial charge in [0.2, 0.25) is 0 Å². The first kappa shape index (κ1) is 9.93. The highest BCUT2D eigenvalue weighted by Gasteiger charge is 2.35. The van der Waals surface area contributed by atoms with E-state index in [9.17, 15) is 4.39 Å². The minimum absolute atomic E-state index is 0.0156. The van der Waals surface area contributed by atoms with E-state index in [1.165, 1.54) is 0 Å². The molecular formula is C9H19FN2. The number of hydrogen-bond donors (Lipinski definition) is 1. The highest BCUT2D eigenvalue weighted by Crippen LogP contribution is 2.26. The van der Waals surface area contributed by atoms with Gasteiger partial charge in [-0.05, 0) is 19.3 Å². The van der Waals surface area contributed by atoms with E-state index in [0.29, 0.717) is 24.9 Å². The Kier molecular flexibility index (Phi) is 3.07. The van der Waals surface area contributed by atoms with E-state index in [4.69, 9.17) is 5.73 Å². The van der Waals surface area contributed by atoms with E-state index < -0.39 is 6.17 Å². The highest BCUT2D eigenvalue weighted by atomic mass is 19.1. The average Bonchev–Trinajstić information content (AvgIpc) is 2.31. The first-order chi connectivity index (χ1) is 5.52. The van der Waals surface area contributed by atoms with Crippen molar-refractivity contribution in [3.8, 4) is 0 Å². The van der Waals surface area contributed by atoms with Gasteiger partial charge in [-0.15, -0.1) is 0 Å². The van der Waals surface area contributed by atoms with Crippen molar-refractivity contribution in [3.05, 3.63) is 0 Å². The first-order valence-corrected chi connectivity index (χ1v) is 4.67. The molecule has 0 radical (unpaired) electrons. The molecule has 3 unspecified atom stereocenters. The fraction of sp³-hybridized carbons (Fsp3) is 1.00. The molecule has 2 nitrogen and oxygen atoms in total. The molecule has 1 aliphatic rings. The Morgan fingerprint density at radius 1 is 1.42 bits per heavy atom. The zero-order chi connectivity index (χ0) is 9.30. The number of alkyl halides is 1. The van der Waals surface area contributed by atoms with Gasteiger partial charge in [0.1, 0.15) is 6.17 Å². The molecule has 1 heterocycles. The molecule has 3 atom stereocenters. The third kappa shape index (κ3) is 1.96. The van der Waals surface area contributed by atoms with Crippen LogP contribution in [-0.4, -0.2) is 29.8 Å². The molecule has 3 heteroatoms. The van der Waals surface area contributed by atoms with E-state index in [-0.39, 0.29) is 6.17 Å². The van der Waals surface area contributed by atoms with Crippen molar-refractivity contribution in [2.75, 3.05) is 6.54 Å². The number of halogens is 1. The fourth-order valence-corrected chi connectivity index (χ4v) is 1.96. The SMILES string of the molecule is CC(C)C1CC(F)CN1C(C)N. The number of nitrogens with zero attached hydrogens (tertiary/aromatic N) is 1. The second-order valence-corrected chi connectivity index (χ2v) is 4.08. The molecule has 72 valence electrons. The van der Waals surface area contributed by atoms with Gasteiger partial charge in [-0.1, -0.05) is 13.8 Å². The van der Waals surface area contributed by atoms with Crippen LogP contribution < -0.4 is 5.73 Å². The van der Waals surface area contributed by atoms with Crippen molar-refractivity contribution in [2.24, 2.45) is 11.7 Å². The van der Waals surface area contributed by atoms with Gasteiger partial charge in [0.25, 0.3) is 0 Å². The van der Waals surface area contributed by atoms with Gasteiger partial charge in [0.05, 0.1) is 6.17 Å². The van der Waals surface area contributed by atoms with Gasteiger partial charge in [-0.2, -0.15) is 0 Å². The molecule has 2 N–H and O–H groups in total. The molecule has 0 aliphatic carbocycles. The second-order valence-electron chi connectivity index (χ2n) is 4.08. The van der Waals surface area contributed by atoms with Crippen LogP contribution in [-0.2, 0) is 0 Å². The molecule has 0 aromatic heterocycles. The van der Waals surface area contributed by atoms with E-state index in [0.717, 1.165) is 0 Å². The lowest BCUT2D eigenvalue weighted by Crippen LogP contribution is -2.45. The normalized spacial score (nSPS) is 34.5. The van der Waals surface area contributed by atoms with Crippen molar-refractivity contribution in [1.29, 1.82) is 0 Å². The molecule has 0 spiro atoms. The van der Waals surface area contributed by atoms with Gasteiger partial charge in [-0.3, -0.25) is 4.90 Å². The van der Waals surface area contributed by atoms with Gasteiger partial charge < -0.3 is 5.73 Å². The van der Waals surface area contributed by atoms with Crippen LogP contribution in [0.15, 0.2) is 0 Å². The summed E-state index contributed by atoms with van der Waals surface area (Å²) in [6.07, 6.45) is -0.0410. The lowest BCUT2D eigenvalue weighted by molar-refractivity contribution is 0.155. The van der Waals surface area contributed by atoms with E-state index in [1.807, 2.05) is 6.92 Å². The Labute approximate surface area is 73.9 Å². The lowest BCUT2D eigenvalue weighted by Gasteiger charge is -2.30. The Hall–Kier alpha value is -0.150. The quantitative estimate of drug-likeness (QED) is 0.685. The summed E-state index contributed by atoms with van der Waals surface area (Å²) >= 11 is 0. The summed E-state index contributed by atoms with van der Waals surface area (Å²) in [5.74, 6) is 0.497. The maximum absolute atomic E-state index is 13.0. The smallest absolute Gasteiger partial charge is 0.114 e. The van der Waals surface area contributed by atoms with E-state index in [1.54, 1.807) is 0 Å². The molecular weight excluding hydrogens is 155 g/mol. The Bertz CT molecular complexity index is 131. The van der Waals surface area contributed by atoms with Crippen LogP contribution in [0.3, 0.4) is 0 Å². The van der Waals surface area contributed by atoms with Crippen LogP contribution >= 0.6 is 0 Å². The predicted octanol–water partition coefficient (Wildman–Crippen LogP) is 1.36. The maximum Gasteiger partial charge on any atom is 0.114 e. The summed E-state index contributed by atoms with van der Waals surface area (Å²) < 4.78 is 13.0. The Morgan fingerprint density at radius 2 is 2.00 bits per heavy atom. The van der Waals surface area contributed by atoms with E-state index >= 15 is 0 Å². The minimum Gasteiger partial charge on any atom is -0.316 e. The minimum atomic E-state index is -0.677. The van der Waals surface area contributed by atoms with Crippen LogP contribution in [0, 0.1) is 5.92 Å². The molecule has 0 saturated carbocycles. The van der Waals surface area contributed by atoms with Crippen LogP contribution in [0.2, 0.25) is 0 Å². The van der Waals surface area contributed by atoms with Crippen molar-refractivity contribution < 1.29 is 4.39 Å². The highest BCUT2D eigenvalue weighted by molar-refractivity contribution is 4.88. The van der Waals surface area contributed by atoms with E-state index in [2.05, 4.69) is 18.7 Å². The van der Waals surface area contributed by atoms with Gasteiger partial charge >= 0.3 is 0 Å². The van der Waals surface area contributed by atoms with Crippen LogP contribution in [0.5, 0.6) is 0 Å². The molecule has 1 rings (SSSR count). The fourth-order valence-electron chi connectivity index (χ4n) is 1.96. The summed E-state index contributed by atoms with van der Waals surface area (Å²) in [4.78, 5) is 2.06. The van der Waals surface area contributed by atoms with Crippen LogP contribution in [0.1, 0.15) is 27.2 Å². The average molecular weight is 174 g/mol. The summed E-state index contributed by atoms with van der Waals surface area (Å²) in [7, 11) is 0. The summed E-state index contributed by atoms with van der Waals surface area (Å²) in [6, 6.07) is 0.333. The molecule has 12 heavy (non-hydrogen) atoms.